The Morgan fingerprint density at radius 1 is 1.30 bits per heavy atom. The van der Waals surface area contributed by atoms with Crippen molar-refractivity contribution >= 4 is 55.0 Å². The van der Waals surface area contributed by atoms with Gasteiger partial charge in [-0.05, 0) is 53.4 Å². The highest BCUT2D eigenvalue weighted by Crippen LogP contribution is 2.40. The number of carbonyl (C=O) groups is 2. The number of benzene rings is 1. The third kappa shape index (κ3) is 4.45. The van der Waals surface area contributed by atoms with E-state index in [9.17, 15) is 14.7 Å². The van der Waals surface area contributed by atoms with Gasteiger partial charge in [0.05, 0.1) is 16.0 Å². The molecule has 0 aliphatic carbocycles. The SMILES string of the molecule is Cc1sc(Br)c(C(=O)NC(CO)C(=O)N2CCCC2)c1-c1cccc(Br)c1. The smallest absolute Gasteiger partial charge is 0.254 e. The second-order valence-electron chi connectivity index (χ2n) is 6.43. The Morgan fingerprint density at radius 2 is 2.00 bits per heavy atom. The van der Waals surface area contributed by atoms with Gasteiger partial charge >= 0.3 is 0 Å². The highest BCUT2D eigenvalue weighted by atomic mass is 79.9. The third-order valence-electron chi connectivity index (χ3n) is 4.59. The fraction of sp³-hybridized carbons (Fsp3) is 0.368. The van der Waals surface area contributed by atoms with Crippen LogP contribution in [-0.4, -0.2) is 47.6 Å². The number of aliphatic hydroxyl groups is 1. The number of carbonyl (C=O) groups excluding carboxylic acids is 2. The molecule has 2 aromatic rings. The summed E-state index contributed by atoms with van der Waals surface area (Å²) in [6, 6.07) is 6.81. The maximum Gasteiger partial charge on any atom is 0.254 e. The molecule has 1 aliphatic heterocycles. The number of rotatable bonds is 5. The summed E-state index contributed by atoms with van der Waals surface area (Å²) in [7, 11) is 0. The molecule has 1 aliphatic rings. The number of aryl methyl sites for hydroxylation is 1. The molecule has 2 heterocycles. The molecule has 1 aromatic carbocycles. The maximum absolute atomic E-state index is 13.0. The van der Waals surface area contributed by atoms with Crippen LogP contribution in [0.5, 0.6) is 0 Å². The Kier molecular flexibility index (Phi) is 6.73. The molecule has 1 atom stereocenters. The molecule has 0 spiro atoms. The highest BCUT2D eigenvalue weighted by Gasteiger charge is 2.30. The Morgan fingerprint density at radius 3 is 2.63 bits per heavy atom. The molecule has 3 rings (SSSR count). The Labute approximate surface area is 179 Å². The lowest BCUT2D eigenvalue weighted by Gasteiger charge is -2.22. The standard InChI is InChI=1S/C19H20Br2N2O3S/c1-11-15(12-5-4-6-13(20)9-12)16(17(21)27-11)18(25)22-14(10-24)19(26)23-7-2-3-8-23/h4-6,9,14,24H,2-3,7-8,10H2,1H3,(H,22,25). The van der Waals surface area contributed by atoms with Crippen molar-refractivity contribution in [3.05, 3.63) is 43.0 Å². The number of nitrogens with one attached hydrogen (secondary N) is 1. The third-order valence-corrected chi connectivity index (χ3v) is 6.85. The number of amides is 2. The number of thiophene rings is 1. The normalized spacial score (nSPS) is 15.0. The van der Waals surface area contributed by atoms with E-state index in [-0.39, 0.29) is 11.8 Å². The lowest BCUT2D eigenvalue weighted by Crippen LogP contribution is -2.49. The quantitative estimate of drug-likeness (QED) is 0.633. The van der Waals surface area contributed by atoms with Gasteiger partial charge in [0, 0.05) is 28.0 Å². The van der Waals surface area contributed by atoms with Crippen molar-refractivity contribution in [1.82, 2.24) is 10.2 Å². The van der Waals surface area contributed by atoms with Crippen LogP contribution in [0.1, 0.15) is 28.1 Å². The summed E-state index contributed by atoms with van der Waals surface area (Å²) < 4.78 is 1.63. The van der Waals surface area contributed by atoms with E-state index in [0.29, 0.717) is 22.4 Å². The second-order valence-corrected chi connectivity index (χ2v) is 9.89. The lowest BCUT2D eigenvalue weighted by molar-refractivity contribution is -0.133. The number of halogens is 2. The Hall–Kier alpha value is -1.22. The zero-order chi connectivity index (χ0) is 19.6. The molecule has 8 heteroatoms. The van der Waals surface area contributed by atoms with E-state index in [1.54, 1.807) is 4.90 Å². The zero-order valence-corrected chi connectivity index (χ0v) is 18.8. The van der Waals surface area contributed by atoms with Crippen molar-refractivity contribution in [1.29, 1.82) is 0 Å². The predicted molar refractivity (Wildman–Crippen MR) is 114 cm³/mol. The molecule has 144 valence electrons. The first kappa shape index (κ1) is 20.5. The van der Waals surface area contributed by atoms with Crippen molar-refractivity contribution in [3.63, 3.8) is 0 Å². The minimum Gasteiger partial charge on any atom is -0.394 e. The molecule has 1 saturated heterocycles. The average molecular weight is 516 g/mol. The summed E-state index contributed by atoms with van der Waals surface area (Å²) >= 11 is 8.43. The second kappa shape index (κ2) is 8.86. The van der Waals surface area contributed by atoms with E-state index in [2.05, 4.69) is 37.2 Å². The van der Waals surface area contributed by atoms with E-state index in [1.807, 2.05) is 31.2 Å². The van der Waals surface area contributed by atoms with E-state index in [0.717, 1.165) is 33.3 Å². The zero-order valence-electron chi connectivity index (χ0n) is 14.8. The largest absolute Gasteiger partial charge is 0.394 e. The van der Waals surface area contributed by atoms with Gasteiger partial charge in [-0.2, -0.15) is 0 Å². The van der Waals surface area contributed by atoms with Crippen molar-refractivity contribution in [2.75, 3.05) is 19.7 Å². The van der Waals surface area contributed by atoms with E-state index in [4.69, 9.17) is 0 Å². The van der Waals surface area contributed by atoms with Crippen LogP contribution in [0.25, 0.3) is 11.1 Å². The van der Waals surface area contributed by atoms with Gasteiger partial charge in [0.2, 0.25) is 5.91 Å². The van der Waals surface area contributed by atoms with Crippen LogP contribution < -0.4 is 5.32 Å². The first-order valence-electron chi connectivity index (χ1n) is 8.67. The summed E-state index contributed by atoms with van der Waals surface area (Å²) in [6.45, 7) is 2.89. The lowest BCUT2D eigenvalue weighted by atomic mass is 10.0. The predicted octanol–water partition coefficient (Wildman–Crippen LogP) is 3.96. The van der Waals surface area contributed by atoms with Gasteiger partial charge in [0.15, 0.2) is 0 Å². The Balaban J connectivity index is 1.89. The number of likely N-dealkylation sites (tertiary alicyclic amines) is 1. The summed E-state index contributed by atoms with van der Waals surface area (Å²) in [6.07, 6.45) is 1.92. The van der Waals surface area contributed by atoms with Crippen molar-refractivity contribution < 1.29 is 14.7 Å². The summed E-state index contributed by atoms with van der Waals surface area (Å²) in [5.41, 5.74) is 2.24. The van der Waals surface area contributed by atoms with Crippen LogP contribution in [0.2, 0.25) is 0 Å². The topological polar surface area (TPSA) is 69.6 Å². The maximum atomic E-state index is 13.0. The number of aliphatic hydroxyl groups excluding tert-OH is 1. The highest BCUT2D eigenvalue weighted by molar-refractivity contribution is 9.11. The summed E-state index contributed by atoms with van der Waals surface area (Å²) in [4.78, 5) is 28.3. The summed E-state index contributed by atoms with van der Waals surface area (Å²) in [5.74, 6) is -0.594. The fourth-order valence-corrected chi connectivity index (χ4v) is 5.67. The van der Waals surface area contributed by atoms with Gasteiger partial charge in [0.1, 0.15) is 6.04 Å². The molecular weight excluding hydrogens is 496 g/mol. The van der Waals surface area contributed by atoms with Gasteiger partial charge in [-0.25, -0.2) is 0 Å². The van der Waals surface area contributed by atoms with Gasteiger partial charge in [-0.15, -0.1) is 11.3 Å². The minimum atomic E-state index is -0.932. The van der Waals surface area contributed by atoms with Crippen LogP contribution in [0, 0.1) is 6.92 Å². The van der Waals surface area contributed by atoms with E-state index in [1.165, 1.54) is 11.3 Å². The van der Waals surface area contributed by atoms with E-state index >= 15 is 0 Å². The van der Waals surface area contributed by atoms with Crippen LogP contribution in [0.15, 0.2) is 32.5 Å². The number of nitrogens with zero attached hydrogens (tertiary/aromatic N) is 1. The number of hydrogen-bond donors (Lipinski definition) is 2. The van der Waals surface area contributed by atoms with Crippen LogP contribution in [-0.2, 0) is 4.79 Å². The first-order valence-corrected chi connectivity index (χ1v) is 11.1. The molecule has 2 N–H and O–H groups in total. The van der Waals surface area contributed by atoms with Crippen LogP contribution >= 0.6 is 43.2 Å². The van der Waals surface area contributed by atoms with Gasteiger partial charge in [-0.3, -0.25) is 9.59 Å². The average Bonchev–Trinajstić information content (AvgIpc) is 3.26. The molecule has 5 nitrogen and oxygen atoms in total. The molecule has 27 heavy (non-hydrogen) atoms. The van der Waals surface area contributed by atoms with Crippen molar-refractivity contribution in [2.45, 2.75) is 25.8 Å². The fourth-order valence-electron chi connectivity index (χ4n) is 3.28. The minimum absolute atomic E-state index is 0.226. The molecular formula is C19H20Br2N2O3S. The van der Waals surface area contributed by atoms with Gasteiger partial charge < -0.3 is 15.3 Å². The molecule has 0 saturated carbocycles. The molecule has 2 amide bonds. The monoisotopic (exact) mass is 514 g/mol. The van der Waals surface area contributed by atoms with Crippen molar-refractivity contribution in [3.8, 4) is 11.1 Å². The summed E-state index contributed by atoms with van der Waals surface area (Å²) in [5, 5.41) is 12.4. The van der Waals surface area contributed by atoms with Crippen LogP contribution in [0.4, 0.5) is 0 Å². The first-order chi connectivity index (χ1) is 12.9. The van der Waals surface area contributed by atoms with Gasteiger partial charge in [-0.1, -0.05) is 28.1 Å². The van der Waals surface area contributed by atoms with Crippen molar-refractivity contribution in [2.24, 2.45) is 0 Å². The van der Waals surface area contributed by atoms with Gasteiger partial charge in [0.25, 0.3) is 5.91 Å². The molecule has 1 unspecified atom stereocenters. The molecule has 1 fully saturated rings. The molecule has 0 bridgehead atoms. The van der Waals surface area contributed by atoms with E-state index < -0.39 is 12.6 Å². The molecule has 0 radical (unpaired) electrons. The Bertz CT molecular complexity index is 863. The van der Waals surface area contributed by atoms with Crippen LogP contribution in [0.3, 0.4) is 0 Å². The number of hydrogen-bond acceptors (Lipinski definition) is 4. The molecule has 1 aromatic heterocycles.